The minimum Gasteiger partial charge on any atom is -0.489 e. The normalized spacial score (nSPS) is 11.2. The molecule has 0 aliphatic rings. The second kappa shape index (κ2) is 8.71. The molecule has 0 atom stereocenters. The lowest BCUT2D eigenvalue weighted by atomic mass is 9.72. The SMILES string of the molecule is C=CCC(CC=C)(C(C)=O)c1cccc(OCc2ccc3ccccc3c2)c1. The molecule has 0 aliphatic carbocycles. The monoisotopic (exact) mass is 370 g/mol. The van der Waals surface area contributed by atoms with Gasteiger partial charge in [-0.05, 0) is 59.9 Å². The topological polar surface area (TPSA) is 26.3 Å². The Labute approximate surface area is 167 Å². The molecule has 28 heavy (non-hydrogen) atoms. The Bertz CT molecular complexity index is 990. The second-order valence-electron chi connectivity index (χ2n) is 7.12. The van der Waals surface area contributed by atoms with E-state index in [1.165, 1.54) is 10.8 Å². The quantitative estimate of drug-likeness (QED) is 0.408. The number of carbonyl (C=O) groups is 1. The number of ketones is 1. The summed E-state index contributed by atoms with van der Waals surface area (Å²) in [6, 6.07) is 22.4. The molecule has 0 saturated carbocycles. The number of Topliss-reactive ketones (excluding diaryl/α,β-unsaturated/α-hetero) is 1. The Balaban J connectivity index is 1.84. The fraction of sp³-hybridized carbons (Fsp3) is 0.192. The third kappa shape index (κ3) is 4.07. The van der Waals surface area contributed by atoms with Crippen LogP contribution < -0.4 is 4.74 Å². The number of ether oxygens (including phenoxy) is 1. The summed E-state index contributed by atoms with van der Waals surface area (Å²) in [5.41, 5.74) is 1.42. The molecule has 0 aliphatic heterocycles. The molecule has 2 nitrogen and oxygen atoms in total. The number of benzene rings is 3. The van der Waals surface area contributed by atoms with Crippen molar-refractivity contribution in [2.45, 2.75) is 31.8 Å². The number of allylic oxidation sites excluding steroid dienone is 2. The van der Waals surface area contributed by atoms with Gasteiger partial charge in [0.15, 0.2) is 0 Å². The zero-order chi connectivity index (χ0) is 20.0. The fourth-order valence-electron chi connectivity index (χ4n) is 3.68. The van der Waals surface area contributed by atoms with Gasteiger partial charge in [-0.1, -0.05) is 60.7 Å². The van der Waals surface area contributed by atoms with Crippen LogP contribution in [0.15, 0.2) is 92.0 Å². The smallest absolute Gasteiger partial charge is 0.140 e. The Morgan fingerprint density at radius 1 is 0.929 bits per heavy atom. The molecule has 0 fully saturated rings. The first kappa shape index (κ1) is 19.6. The number of hydrogen-bond donors (Lipinski definition) is 0. The van der Waals surface area contributed by atoms with Crippen LogP contribution >= 0.6 is 0 Å². The number of rotatable bonds is 9. The van der Waals surface area contributed by atoms with Crippen molar-refractivity contribution in [3.8, 4) is 5.75 Å². The van der Waals surface area contributed by atoms with E-state index in [-0.39, 0.29) is 5.78 Å². The molecule has 3 rings (SSSR count). The highest BCUT2D eigenvalue weighted by Gasteiger charge is 2.35. The van der Waals surface area contributed by atoms with Gasteiger partial charge in [-0.25, -0.2) is 0 Å². The molecule has 0 aromatic heterocycles. The van der Waals surface area contributed by atoms with Gasteiger partial charge in [0, 0.05) is 0 Å². The second-order valence-corrected chi connectivity index (χ2v) is 7.12. The van der Waals surface area contributed by atoms with Crippen molar-refractivity contribution in [2.75, 3.05) is 0 Å². The molecule has 0 unspecified atom stereocenters. The molecule has 142 valence electrons. The highest BCUT2D eigenvalue weighted by atomic mass is 16.5. The molecule has 0 bridgehead atoms. The maximum Gasteiger partial charge on any atom is 0.140 e. The van der Waals surface area contributed by atoms with Crippen LogP contribution in [0.4, 0.5) is 0 Å². The van der Waals surface area contributed by atoms with E-state index >= 15 is 0 Å². The third-order valence-electron chi connectivity index (χ3n) is 5.27. The fourth-order valence-corrected chi connectivity index (χ4v) is 3.68. The van der Waals surface area contributed by atoms with Gasteiger partial charge in [0.2, 0.25) is 0 Å². The standard InChI is InChI=1S/C26H26O2/c1-4-15-26(16-5-2,20(3)27)24-11-8-12-25(18-24)28-19-21-13-14-22-9-6-7-10-23(22)17-21/h4-14,17-18H,1-2,15-16,19H2,3H3. The van der Waals surface area contributed by atoms with E-state index in [9.17, 15) is 4.79 Å². The van der Waals surface area contributed by atoms with Crippen LogP contribution in [-0.4, -0.2) is 5.78 Å². The first-order chi connectivity index (χ1) is 13.6. The molecular formula is C26H26O2. The molecule has 0 heterocycles. The lowest BCUT2D eigenvalue weighted by molar-refractivity contribution is -0.122. The summed E-state index contributed by atoms with van der Waals surface area (Å²) < 4.78 is 6.05. The highest BCUT2D eigenvalue weighted by molar-refractivity contribution is 5.88. The van der Waals surface area contributed by atoms with Gasteiger partial charge in [-0.2, -0.15) is 0 Å². The summed E-state index contributed by atoms with van der Waals surface area (Å²) in [4.78, 5) is 12.5. The van der Waals surface area contributed by atoms with Gasteiger partial charge in [0.05, 0.1) is 5.41 Å². The number of fused-ring (bicyclic) bond motifs is 1. The van der Waals surface area contributed by atoms with E-state index in [4.69, 9.17) is 4.74 Å². The van der Waals surface area contributed by atoms with Crippen LogP contribution in [-0.2, 0) is 16.8 Å². The minimum absolute atomic E-state index is 0.110. The van der Waals surface area contributed by atoms with E-state index < -0.39 is 5.41 Å². The first-order valence-electron chi connectivity index (χ1n) is 9.53. The molecule has 3 aromatic rings. The first-order valence-corrected chi connectivity index (χ1v) is 9.53. The van der Waals surface area contributed by atoms with Crippen LogP contribution in [0.5, 0.6) is 5.75 Å². The van der Waals surface area contributed by atoms with E-state index in [1.54, 1.807) is 19.1 Å². The van der Waals surface area contributed by atoms with Crippen molar-refractivity contribution in [2.24, 2.45) is 0 Å². The maximum absolute atomic E-state index is 12.5. The van der Waals surface area contributed by atoms with Crippen LogP contribution in [0.3, 0.4) is 0 Å². The van der Waals surface area contributed by atoms with Gasteiger partial charge < -0.3 is 4.74 Å². The number of hydrogen-bond acceptors (Lipinski definition) is 2. The molecule has 0 spiro atoms. The Hall–Kier alpha value is -3.13. The van der Waals surface area contributed by atoms with E-state index in [0.717, 1.165) is 16.9 Å². The molecule has 0 amide bonds. The summed E-state index contributed by atoms with van der Waals surface area (Å²) in [7, 11) is 0. The molecule has 0 N–H and O–H groups in total. The maximum atomic E-state index is 12.5. The Kier molecular flexibility index (Phi) is 6.10. The summed E-state index contributed by atoms with van der Waals surface area (Å²) >= 11 is 0. The summed E-state index contributed by atoms with van der Waals surface area (Å²) in [6.45, 7) is 9.79. The Morgan fingerprint density at radius 3 is 2.32 bits per heavy atom. The lowest BCUT2D eigenvalue weighted by Crippen LogP contribution is -2.33. The predicted octanol–water partition coefficient (Wildman–Crippen LogP) is 6.40. The van der Waals surface area contributed by atoms with Gasteiger partial charge in [-0.3, -0.25) is 4.79 Å². The van der Waals surface area contributed by atoms with E-state index in [1.807, 2.05) is 36.4 Å². The summed E-state index contributed by atoms with van der Waals surface area (Å²) in [5.74, 6) is 0.864. The zero-order valence-corrected chi connectivity index (χ0v) is 16.4. The van der Waals surface area contributed by atoms with Gasteiger partial charge >= 0.3 is 0 Å². The molecule has 2 heteroatoms. The average Bonchev–Trinajstić information content (AvgIpc) is 2.72. The lowest BCUT2D eigenvalue weighted by Gasteiger charge is -2.30. The predicted molar refractivity (Wildman–Crippen MR) is 117 cm³/mol. The summed E-state index contributed by atoms with van der Waals surface area (Å²) in [6.07, 6.45) is 4.74. The third-order valence-corrected chi connectivity index (χ3v) is 5.27. The van der Waals surface area contributed by atoms with Crippen LogP contribution in [0.1, 0.15) is 30.9 Å². The minimum atomic E-state index is -0.633. The molecule has 0 radical (unpaired) electrons. The van der Waals surface area contributed by atoms with Crippen LogP contribution in [0.2, 0.25) is 0 Å². The van der Waals surface area contributed by atoms with Gasteiger partial charge in [0.25, 0.3) is 0 Å². The van der Waals surface area contributed by atoms with Gasteiger partial charge in [0.1, 0.15) is 18.1 Å². The number of carbonyl (C=O) groups excluding carboxylic acids is 1. The van der Waals surface area contributed by atoms with Crippen molar-refractivity contribution < 1.29 is 9.53 Å². The highest BCUT2D eigenvalue weighted by Crippen LogP contribution is 2.35. The van der Waals surface area contributed by atoms with Crippen LogP contribution in [0.25, 0.3) is 10.8 Å². The van der Waals surface area contributed by atoms with Crippen molar-refractivity contribution >= 4 is 16.6 Å². The summed E-state index contributed by atoms with van der Waals surface area (Å²) in [5, 5.41) is 2.42. The molecule has 0 saturated heterocycles. The van der Waals surface area contributed by atoms with Crippen molar-refractivity contribution in [1.82, 2.24) is 0 Å². The molecular weight excluding hydrogens is 344 g/mol. The largest absolute Gasteiger partial charge is 0.489 e. The van der Waals surface area contributed by atoms with Gasteiger partial charge in [-0.15, -0.1) is 13.2 Å². The van der Waals surface area contributed by atoms with E-state index in [0.29, 0.717) is 19.4 Å². The van der Waals surface area contributed by atoms with Crippen molar-refractivity contribution in [3.05, 3.63) is 103 Å². The van der Waals surface area contributed by atoms with Crippen molar-refractivity contribution in [1.29, 1.82) is 0 Å². The van der Waals surface area contributed by atoms with E-state index in [2.05, 4.69) is 43.5 Å². The zero-order valence-electron chi connectivity index (χ0n) is 16.4. The van der Waals surface area contributed by atoms with Crippen molar-refractivity contribution in [3.63, 3.8) is 0 Å². The Morgan fingerprint density at radius 2 is 1.64 bits per heavy atom. The molecule has 3 aromatic carbocycles. The van der Waals surface area contributed by atoms with Crippen LogP contribution in [0, 0.1) is 0 Å². The average molecular weight is 370 g/mol.